The van der Waals surface area contributed by atoms with Gasteiger partial charge in [-0.1, -0.05) is 97.1 Å². The monoisotopic (exact) mass is 574 g/mol. The lowest BCUT2D eigenvalue weighted by Crippen LogP contribution is -1.94. The number of hydrogen-bond donors (Lipinski definition) is 0. The summed E-state index contributed by atoms with van der Waals surface area (Å²) < 4.78 is 11.1. The van der Waals surface area contributed by atoms with Gasteiger partial charge in [0.1, 0.15) is 11.2 Å². The maximum atomic E-state index is 6.31. The molecular formula is C42H26N2O. The molecule has 0 aliphatic carbocycles. The maximum absolute atomic E-state index is 6.31. The summed E-state index contributed by atoms with van der Waals surface area (Å²) in [5, 5.41) is 7.28. The fourth-order valence-electron chi connectivity index (χ4n) is 7.29. The fraction of sp³-hybridized carbons (Fsp3) is 0. The average Bonchev–Trinajstić information content (AvgIpc) is 3.75. The van der Waals surface area contributed by atoms with Gasteiger partial charge >= 0.3 is 0 Å². The standard InChI is InChI=1S/C42H26N2O/c1-2-10-29(11-3-1)43-37-15-7-4-12-31(37)33-21-18-27(24-39(33)43)28-19-22-34-32-13-5-8-16-38(32)44(40(34)25-28)30-20-23-36-35-14-6-9-17-41(35)45-42(36)26-30/h1-26H. The van der Waals surface area contributed by atoms with Crippen LogP contribution in [0.25, 0.3) is 88.1 Å². The first-order chi connectivity index (χ1) is 22.3. The van der Waals surface area contributed by atoms with Crippen molar-refractivity contribution >= 4 is 65.6 Å². The number of furan rings is 1. The van der Waals surface area contributed by atoms with E-state index in [0.29, 0.717) is 0 Å². The van der Waals surface area contributed by atoms with Gasteiger partial charge in [0, 0.05) is 49.8 Å². The van der Waals surface area contributed by atoms with E-state index in [-0.39, 0.29) is 0 Å². The van der Waals surface area contributed by atoms with Gasteiger partial charge in [-0.15, -0.1) is 0 Å². The Bertz CT molecular complexity index is 2760. The molecule has 210 valence electrons. The van der Waals surface area contributed by atoms with Crippen molar-refractivity contribution in [3.05, 3.63) is 158 Å². The minimum Gasteiger partial charge on any atom is -0.456 e. The second-order valence-electron chi connectivity index (χ2n) is 11.8. The van der Waals surface area contributed by atoms with E-state index >= 15 is 0 Å². The molecule has 0 radical (unpaired) electrons. The third-order valence-electron chi connectivity index (χ3n) is 9.32. The highest BCUT2D eigenvalue weighted by atomic mass is 16.3. The number of rotatable bonds is 3. The number of aromatic nitrogens is 2. The molecule has 3 nitrogen and oxygen atoms in total. The van der Waals surface area contributed by atoms with Crippen molar-refractivity contribution in [2.75, 3.05) is 0 Å². The second kappa shape index (κ2) is 9.22. The molecule has 10 rings (SSSR count). The summed E-state index contributed by atoms with van der Waals surface area (Å²) in [7, 11) is 0. The van der Waals surface area contributed by atoms with Crippen molar-refractivity contribution in [3.8, 4) is 22.5 Å². The van der Waals surface area contributed by atoms with Crippen LogP contribution in [0.15, 0.2) is 162 Å². The second-order valence-corrected chi connectivity index (χ2v) is 11.8. The normalized spacial score (nSPS) is 12.0. The summed E-state index contributed by atoms with van der Waals surface area (Å²) in [4.78, 5) is 0. The van der Waals surface area contributed by atoms with Gasteiger partial charge in [-0.25, -0.2) is 0 Å². The third kappa shape index (κ3) is 3.52. The number of fused-ring (bicyclic) bond motifs is 9. The summed E-state index contributed by atoms with van der Waals surface area (Å²) in [6.45, 7) is 0. The molecule has 0 unspecified atom stereocenters. The van der Waals surface area contributed by atoms with Gasteiger partial charge in [0.05, 0.1) is 22.1 Å². The minimum absolute atomic E-state index is 0.898. The molecular weight excluding hydrogens is 548 g/mol. The van der Waals surface area contributed by atoms with Gasteiger partial charge in [0.15, 0.2) is 0 Å². The number of nitrogens with zero attached hydrogens (tertiary/aromatic N) is 2. The molecule has 0 aliphatic rings. The summed E-state index contributed by atoms with van der Waals surface area (Å²) in [6, 6.07) is 56.6. The van der Waals surface area contributed by atoms with E-state index in [1.165, 1.54) is 54.7 Å². The van der Waals surface area contributed by atoms with Gasteiger partial charge in [-0.2, -0.15) is 0 Å². The Morgan fingerprint density at radius 2 is 0.800 bits per heavy atom. The molecule has 3 aromatic heterocycles. The molecule has 0 spiro atoms. The van der Waals surface area contributed by atoms with E-state index in [4.69, 9.17) is 4.42 Å². The average molecular weight is 575 g/mol. The molecule has 45 heavy (non-hydrogen) atoms. The molecule has 0 atom stereocenters. The molecule has 7 aromatic carbocycles. The predicted molar refractivity (Wildman–Crippen MR) is 188 cm³/mol. The van der Waals surface area contributed by atoms with Crippen LogP contribution in [-0.4, -0.2) is 9.13 Å². The summed E-state index contributed by atoms with van der Waals surface area (Å²) in [6.07, 6.45) is 0. The smallest absolute Gasteiger partial charge is 0.137 e. The van der Waals surface area contributed by atoms with Gasteiger partial charge in [-0.05, 0) is 65.7 Å². The number of para-hydroxylation sites is 4. The zero-order chi connectivity index (χ0) is 29.5. The van der Waals surface area contributed by atoms with Gasteiger partial charge < -0.3 is 13.6 Å². The Labute approximate surface area is 258 Å². The van der Waals surface area contributed by atoms with E-state index < -0.39 is 0 Å². The first-order valence-electron chi connectivity index (χ1n) is 15.4. The van der Waals surface area contributed by atoms with Crippen LogP contribution in [0.3, 0.4) is 0 Å². The van der Waals surface area contributed by atoms with Crippen LogP contribution in [0.5, 0.6) is 0 Å². The Morgan fingerprint density at radius 1 is 0.311 bits per heavy atom. The van der Waals surface area contributed by atoms with Crippen LogP contribution in [0.2, 0.25) is 0 Å². The summed E-state index contributed by atoms with van der Waals surface area (Å²) in [5.41, 5.74) is 11.2. The van der Waals surface area contributed by atoms with Crippen LogP contribution in [0, 0.1) is 0 Å². The Morgan fingerprint density at radius 3 is 1.47 bits per heavy atom. The molecule has 10 aromatic rings. The number of benzene rings is 7. The van der Waals surface area contributed by atoms with E-state index in [1.807, 2.05) is 12.1 Å². The highest BCUT2D eigenvalue weighted by Gasteiger charge is 2.17. The zero-order valence-corrected chi connectivity index (χ0v) is 24.3. The minimum atomic E-state index is 0.898. The van der Waals surface area contributed by atoms with Crippen LogP contribution < -0.4 is 0 Å². The topological polar surface area (TPSA) is 23.0 Å². The largest absolute Gasteiger partial charge is 0.456 e. The maximum Gasteiger partial charge on any atom is 0.137 e. The lowest BCUT2D eigenvalue weighted by molar-refractivity contribution is 0.668. The van der Waals surface area contributed by atoms with Crippen molar-refractivity contribution in [3.63, 3.8) is 0 Å². The van der Waals surface area contributed by atoms with Crippen LogP contribution in [-0.2, 0) is 0 Å². The SMILES string of the molecule is c1ccc(-n2c3ccccc3c3ccc(-c4ccc5c6ccccc6n(-c6ccc7c(c6)oc6ccccc67)c5c4)cc32)cc1. The van der Waals surface area contributed by atoms with E-state index in [0.717, 1.165) is 33.3 Å². The van der Waals surface area contributed by atoms with E-state index in [9.17, 15) is 0 Å². The van der Waals surface area contributed by atoms with Crippen molar-refractivity contribution < 1.29 is 4.42 Å². The van der Waals surface area contributed by atoms with Crippen LogP contribution in [0.1, 0.15) is 0 Å². The molecule has 0 N–H and O–H groups in total. The molecule has 3 heterocycles. The van der Waals surface area contributed by atoms with Crippen molar-refractivity contribution in [1.82, 2.24) is 9.13 Å². The molecule has 0 amide bonds. The first-order valence-corrected chi connectivity index (χ1v) is 15.4. The van der Waals surface area contributed by atoms with E-state index in [2.05, 4.69) is 155 Å². The Hall–Kier alpha value is -6.06. The Kier molecular flexibility index (Phi) is 5.00. The van der Waals surface area contributed by atoms with Crippen molar-refractivity contribution in [2.24, 2.45) is 0 Å². The van der Waals surface area contributed by atoms with E-state index in [1.54, 1.807) is 0 Å². The number of hydrogen-bond acceptors (Lipinski definition) is 1. The molecule has 3 heteroatoms. The molecule has 0 saturated heterocycles. The fourth-order valence-corrected chi connectivity index (χ4v) is 7.29. The lowest BCUT2D eigenvalue weighted by atomic mass is 10.0. The summed E-state index contributed by atoms with van der Waals surface area (Å²) in [5.74, 6) is 0. The Balaban J connectivity index is 1.21. The third-order valence-corrected chi connectivity index (χ3v) is 9.32. The van der Waals surface area contributed by atoms with Crippen molar-refractivity contribution in [1.29, 1.82) is 0 Å². The lowest BCUT2D eigenvalue weighted by Gasteiger charge is -2.10. The zero-order valence-electron chi connectivity index (χ0n) is 24.3. The van der Waals surface area contributed by atoms with Gasteiger partial charge in [-0.3, -0.25) is 0 Å². The molecule has 0 aliphatic heterocycles. The first kappa shape index (κ1) is 24.4. The highest BCUT2D eigenvalue weighted by Crippen LogP contribution is 2.39. The predicted octanol–water partition coefficient (Wildman–Crippen LogP) is 11.4. The highest BCUT2D eigenvalue weighted by molar-refractivity contribution is 6.12. The molecule has 0 fully saturated rings. The van der Waals surface area contributed by atoms with Crippen LogP contribution in [0.4, 0.5) is 0 Å². The van der Waals surface area contributed by atoms with Crippen molar-refractivity contribution in [2.45, 2.75) is 0 Å². The summed E-state index contributed by atoms with van der Waals surface area (Å²) >= 11 is 0. The molecule has 0 saturated carbocycles. The quantitative estimate of drug-likeness (QED) is 0.206. The van der Waals surface area contributed by atoms with Gasteiger partial charge in [0.25, 0.3) is 0 Å². The van der Waals surface area contributed by atoms with Crippen LogP contribution >= 0.6 is 0 Å². The van der Waals surface area contributed by atoms with Gasteiger partial charge in [0.2, 0.25) is 0 Å². The molecule has 0 bridgehead atoms.